The molecule has 1 aliphatic rings. The number of amides is 1. The van der Waals surface area contributed by atoms with Gasteiger partial charge in [0.1, 0.15) is 5.75 Å². The van der Waals surface area contributed by atoms with Crippen LogP contribution in [0.1, 0.15) is 23.2 Å². The number of carboxylic acid groups (broad SMARTS) is 1. The normalized spacial score (nSPS) is 21.4. The van der Waals surface area contributed by atoms with E-state index in [4.69, 9.17) is 14.6 Å². The van der Waals surface area contributed by atoms with Gasteiger partial charge in [-0.2, -0.15) is 0 Å². The average molecular weight is 279 g/mol. The van der Waals surface area contributed by atoms with Gasteiger partial charge in [0.25, 0.3) is 5.91 Å². The van der Waals surface area contributed by atoms with Crippen molar-refractivity contribution in [3.8, 4) is 5.75 Å². The number of nitrogens with one attached hydrogen (secondary N) is 1. The smallest absolute Gasteiger partial charge is 0.305 e. The van der Waals surface area contributed by atoms with Crippen LogP contribution in [-0.2, 0) is 9.53 Å². The summed E-state index contributed by atoms with van der Waals surface area (Å²) < 4.78 is 10.3. The Bertz CT molecular complexity index is 508. The molecule has 2 N–H and O–H groups in total. The molecule has 0 aromatic heterocycles. The summed E-state index contributed by atoms with van der Waals surface area (Å²) in [5, 5.41) is 11.8. The number of carbonyl (C=O) groups excluding carboxylic acids is 1. The maximum absolute atomic E-state index is 12.2. The zero-order valence-corrected chi connectivity index (χ0v) is 11.2. The van der Waals surface area contributed by atoms with Gasteiger partial charge in [0.15, 0.2) is 0 Å². The van der Waals surface area contributed by atoms with E-state index in [1.165, 1.54) is 7.11 Å². The molecule has 6 nitrogen and oxygen atoms in total. The summed E-state index contributed by atoms with van der Waals surface area (Å²) in [7, 11) is 1.52. The third kappa shape index (κ3) is 3.27. The molecule has 1 aromatic rings. The van der Waals surface area contributed by atoms with Crippen LogP contribution in [-0.4, -0.2) is 42.8 Å². The van der Waals surface area contributed by atoms with Crippen LogP contribution in [0.15, 0.2) is 24.3 Å². The van der Waals surface area contributed by atoms with E-state index < -0.39 is 11.5 Å². The molecule has 6 heteroatoms. The minimum absolute atomic E-state index is 0.150. The van der Waals surface area contributed by atoms with E-state index in [-0.39, 0.29) is 18.9 Å². The number of carbonyl (C=O) groups is 2. The monoisotopic (exact) mass is 279 g/mol. The number of aliphatic carboxylic acids is 1. The van der Waals surface area contributed by atoms with Gasteiger partial charge < -0.3 is 19.9 Å². The first-order chi connectivity index (χ1) is 9.54. The summed E-state index contributed by atoms with van der Waals surface area (Å²) in [5.41, 5.74) is -0.396. The lowest BCUT2D eigenvalue weighted by Crippen LogP contribution is -2.50. The van der Waals surface area contributed by atoms with Crippen molar-refractivity contribution in [2.45, 2.75) is 18.4 Å². The standard InChI is InChI=1S/C14H17NO5/c1-19-11-4-2-3-10(7-11)13(18)15-14(8-12(16)17)5-6-20-9-14/h2-4,7H,5-6,8-9H2,1H3,(H,15,18)(H,16,17). The molecule has 20 heavy (non-hydrogen) atoms. The Morgan fingerprint density at radius 1 is 1.50 bits per heavy atom. The summed E-state index contributed by atoms with van der Waals surface area (Å²) in [6.07, 6.45) is 0.345. The maximum Gasteiger partial charge on any atom is 0.305 e. The van der Waals surface area contributed by atoms with Crippen LogP contribution in [0.4, 0.5) is 0 Å². The van der Waals surface area contributed by atoms with Gasteiger partial charge in [-0.15, -0.1) is 0 Å². The number of methoxy groups -OCH3 is 1. The largest absolute Gasteiger partial charge is 0.497 e. The van der Waals surface area contributed by atoms with E-state index in [1.807, 2.05) is 0 Å². The fourth-order valence-corrected chi connectivity index (χ4v) is 2.26. The SMILES string of the molecule is COc1cccc(C(=O)NC2(CC(=O)O)CCOC2)c1. The minimum atomic E-state index is -0.957. The number of rotatable bonds is 5. The first-order valence-corrected chi connectivity index (χ1v) is 6.31. The van der Waals surface area contributed by atoms with Crippen LogP contribution in [0, 0.1) is 0 Å². The summed E-state index contributed by atoms with van der Waals surface area (Å²) in [4.78, 5) is 23.2. The summed E-state index contributed by atoms with van der Waals surface area (Å²) in [6.45, 7) is 0.667. The van der Waals surface area contributed by atoms with Crippen molar-refractivity contribution in [1.29, 1.82) is 0 Å². The molecule has 0 radical (unpaired) electrons. The van der Waals surface area contributed by atoms with E-state index in [9.17, 15) is 9.59 Å². The van der Waals surface area contributed by atoms with Crippen molar-refractivity contribution in [3.05, 3.63) is 29.8 Å². The van der Waals surface area contributed by atoms with Crippen LogP contribution < -0.4 is 10.1 Å². The average Bonchev–Trinajstić information content (AvgIpc) is 2.86. The number of hydrogen-bond acceptors (Lipinski definition) is 4. The molecule has 1 fully saturated rings. The second kappa shape index (κ2) is 5.92. The van der Waals surface area contributed by atoms with Gasteiger partial charge in [0.2, 0.25) is 0 Å². The topological polar surface area (TPSA) is 84.9 Å². The number of benzene rings is 1. The van der Waals surface area contributed by atoms with E-state index in [0.717, 1.165) is 0 Å². The molecule has 1 atom stereocenters. The fourth-order valence-electron chi connectivity index (χ4n) is 2.26. The molecule has 0 spiro atoms. The van der Waals surface area contributed by atoms with Crippen molar-refractivity contribution in [2.75, 3.05) is 20.3 Å². The molecule has 1 amide bonds. The highest BCUT2D eigenvalue weighted by Crippen LogP contribution is 2.24. The van der Waals surface area contributed by atoms with Gasteiger partial charge in [-0.05, 0) is 24.6 Å². The predicted octanol–water partition coefficient (Wildman–Crippen LogP) is 1.06. The van der Waals surface area contributed by atoms with Crippen LogP contribution in [0.5, 0.6) is 5.75 Å². The lowest BCUT2D eigenvalue weighted by Gasteiger charge is -2.27. The zero-order chi connectivity index (χ0) is 14.6. The van der Waals surface area contributed by atoms with E-state index in [1.54, 1.807) is 24.3 Å². The first-order valence-electron chi connectivity index (χ1n) is 6.31. The van der Waals surface area contributed by atoms with E-state index in [2.05, 4.69) is 5.32 Å². The Balaban J connectivity index is 2.13. The number of hydrogen-bond donors (Lipinski definition) is 2. The minimum Gasteiger partial charge on any atom is -0.497 e. The second-order valence-electron chi connectivity index (χ2n) is 4.84. The summed E-state index contributed by atoms with van der Waals surface area (Å²) >= 11 is 0. The molecule has 1 aromatic carbocycles. The molecule has 1 aliphatic heterocycles. The van der Waals surface area contributed by atoms with Gasteiger partial charge in [-0.25, -0.2) is 0 Å². The first kappa shape index (κ1) is 14.3. The fraction of sp³-hybridized carbons (Fsp3) is 0.429. The second-order valence-corrected chi connectivity index (χ2v) is 4.84. The number of carboxylic acids is 1. The molecule has 0 saturated carbocycles. The van der Waals surface area contributed by atoms with Gasteiger partial charge in [0, 0.05) is 12.2 Å². The molecular formula is C14H17NO5. The van der Waals surface area contributed by atoms with Crippen LogP contribution in [0.25, 0.3) is 0 Å². The highest BCUT2D eigenvalue weighted by atomic mass is 16.5. The Hall–Kier alpha value is -2.08. The molecule has 0 aliphatic carbocycles. The highest BCUT2D eigenvalue weighted by Gasteiger charge is 2.38. The van der Waals surface area contributed by atoms with Crippen molar-refractivity contribution in [2.24, 2.45) is 0 Å². The Morgan fingerprint density at radius 3 is 2.90 bits per heavy atom. The molecule has 1 unspecified atom stereocenters. The predicted molar refractivity (Wildman–Crippen MR) is 70.9 cm³/mol. The van der Waals surface area contributed by atoms with Crippen molar-refractivity contribution >= 4 is 11.9 Å². The Morgan fingerprint density at radius 2 is 2.30 bits per heavy atom. The quantitative estimate of drug-likeness (QED) is 0.841. The van der Waals surface area contributed by atoms with Crippen molar-refractivity contribution in [3.63, 3.8) is 0 Å². The Labute approximate surface area is 116 Å². The third-order valence-electron chi connectivity index (χ3n) is 3.30. The maximum atomic E-state index is 12.2. The molecule has 108 valence electrons. The van der Waals surface area contributed by atoms with Gasteiger partial charge in [0.05, 0.1) is 25.7 Å². The summed E-state index contributed by atoms with van der Waals surface area (Å²) in [5.74, 6) is -0.704. The summed E-state index contributed by atoms with van der Waals surface area (Å²) in [6, 6.07) is 6.72. The lowest BCUT2D eigenvalue weighted by molar-refractivity contribution is -0.138. The Kier molecular flexibility index (Phi) is 4.24. The zero-order valence-electron chi connectivity index (χ0n) is 11.2. The molecule has 2 rings (SSSR count). The highest BCUT2D eigenvalue weighted by molar-refractivity contribution is 5.95. The van der Waals surface area contributed by atoms with Crippen molar-refractivity contribution < 1.29 is 24.2 Å². The number of ether oxygens (including phenoxy) is 2. The van der Waals surface area contributed by atoms with Gasteiger partial charge >= 0.3 is 5.97 Å². The lowest BCUT2D eigenvalue weighted by atomic mass is 9.93. The van der Waals surface area contributed by atoms with Crippen LogP contribution in [0.2, 0.25) is 0 Å². The van der Waals surface area contributed by atoms with E-state index >= 15 is 0 Å². The van der Waals surface area contributed by atoms with Gasteiger partial charge in [-0.3, -0.25) is 9.59 Å². The molecule has 1 saturated heterocycles. The molecule has 0 bridgehead atoms. The van der Waals surface area contributed by atoms with Crippen LogP contribution in [0.3, 0.4) is 0 Å². The van der Waals surface area contributed by atoms with E-state index in [0.29, 0.717) is 24.3 Å². The van der Waals surface area contributed by atoms with Crippen LogP contribution >= 0.6 is 0 Å². The van der Waals surface area contributed by atoms with Crippen molar-refractivity contribution in [1.82, 2.24) is 5.32 Å². The third-order valence-corrected chi connectivity index (χ3v) is 3.30. The molecule has 1 heterocycles. The molecular weight excluding hydrogens is 262 g/mol. The van der Waals surface area contributed by atoms with Gasteiger partial charge in [-0.1, -0.05) is 6.07 Å².